The van der Waals surface area contributed by atoms with E-state index in [-0.39, 0.29) is 36.7 Å². The maximum absolute atomic E-state index is 12.4. The van der Waals surface area contributed by atoms with Gasteiger partial charge in [-0.1, -0.05) is 31.4 Å². The molecule has 23 heavy (non-hydrogen) atoms. The molecule has 0 radical (unpaired) electrons. The molecule has 1 aromatic rings. The number of benzene rings is 1. The lowest BCUT2D eigenvalue weighted by molar-refractivity contribution is -0.118. The van der Waals surface area contributed by atoms with Crippen LogP contribution in [0.25, 0.3) is 0 Å². The second-order valence-corrected chi connectivity index (χ2v) is 6.05. The number of rotatable bonds is 6. The van der Waals surface area contributed by atoms with Crippen molar-refractivity contribution in [2.24, 2.45) is 17.4 Å². The number of nitrogens with two attached hydrogens (primary N) is 2. The highest BCUT2D eigenvalue weighted by molar-refractivity contribution is 5.94. The number of primary amides is 1. The molecule has 0 aliphatic heterocycles. The maximum Gasteiger partial charge on any atom is 0.251 e. The molecule has 2 rings (SSSR count). The topological polar surface area (TPSA) is 98.2 Å². The Morgan fingerprint density at radius 3 is 2.26 bits per heavy atom. The van der Waals surface area contributed by atoms with Crippen molar-refractivity contribution < 1.29 is 9.59 Å². The van der Waals surface area contributed by atoms with Crippen LogP contribution in [0.4, 0.5) is 0 Å². The van der Waals surface area contributed by atoms with Crippen molar-refractivity contribution in [3.63, 3.8) is 0 Å². The Morgan fingerprint density at radius 2 is 1.74 bits per heavy atom. The van der Waals surface area contributed by atoms with E-state index in [1.807, 2.05) is 12.1 Å². The number of hydrogen-bond donors (Lipinski definition) is 3. The van der Waals surface area contributed by atoms with Gasteiger partial charge < -0.3 is 16.8 Å². The van der Waals surface area contributed by atoms with Crippen LogP contribution in [-0.4, -0.2) is 17.9 Å². The zero-order valence-corrected chi connectivity index (χ0v) is 14.1. The molecule has 128 valence electrons. The van der Waals surface area contributed by atoms with Crippen molar-refractivity contribution in [1.29, 1.82) is 0 Å². The molecule has 5 nitrogen and oxygen atoms in total. The molecule has 5 N–H and O–H groups in total. The lowest BCUT2D eigenvalue weighted by Crippen LogP contribution is -2.43. The van der Waals surface area contributed by atoms with E-state index in [9.17, 15) is 9.59 Å². The van der Waals surface area contributed by atoms with Gasteiger partial charge in [0.2, 0.25) is 5.91 Å². The fourth-order valence-electron chi connectivity index (χ4n) is 3.13. The van der Waals surface area contributed by atoms with Crippen molar-refractivity contribution in [1.82, 2.24) is 5.32 Å². The molecular formula is C17H26ClN3O2. The number of amides is 2. The summed E-state index contributed by atoms with van der Waals surface area (Å²) in [5.41, 5.74) is 12.5. The van der Waals surface area contributed by atoms with Gasteiger partial charge in [-0.25, -0.2) is 0 Å². The second-order valence-electron chi connectivity index (χ2n) is 6.05. The zero-order valence-electron chi connectivity index (χ0n) is 13.3. The van der Waals surface area contributed by atoms with Crippen molar-refractivity contribution in [3.05, 3.63) is 35.4 Å². The summed E-state index contributed by atoms with van der Waals surface area (Å²) < 4.78 is 0. The Labute approximate surface area is 143 Å². The molecule has 1 aliphatic rings. The van der Waals surface area contributed by atoms with E-state index in [1.54, 1.807) is 12.1 Å². The van der Waals surface area contributed by atoms with Crippen LogP contribution in [0.5, 0.6) is 0 Å². The van der Waals surface area contributed by atoms with E-state index in [1.165, 1.54) is 6.42 Å². The molecule has 0 bridgehead atoms. The molecule has 0 spiro atoms. The van der Waals surface area contributed by atoms with Gasteiger partial charge in [0, 0.05) is 24.6 Å². The highest BCUT2D eigenvalue weighted by Crippen LogP contribution is 2.28. The first-order valence-electron chi connectivity index (χ1n) is 7.98. The average molecular weight is 340 g/mol. The van der Waals surface area contributed by atoms with Crippen LogP contribution in [-0.2, 0) is 11.3 Å². The number of carbonyl (C=O) groups is 2. The third kappa shape index (κ3) is 5.84. The van der Waals surface area contributed by atoms with Gasteiger partial charge in [0.15, 0.2) is 0 Å². The van der Waals surface area contributed by atoms with Crippen molar-refractivity contribution in [2.75, 3.05) is 0 Å². The van der Waals surface area contributed by atoms with Gasteiger partial charge in [0.25, 0.3) is 5.91 Å². The summed E-state index contributed by atoms with van der Waals surface area (Å²) in [6, 6.07) is 7.05. The molecule has 6 heteroatoms. The summed E-state index contributed by atoms with van der Waals surface area (Å²) in [6.07, 6.45) is 5.84. The van der Waals surface area contributed by atoms with E-state index in [4.69, 9.17) is 11.5 Å². The maximum atomic E-state index is 12.4. The number of halogens is 1. The Balaban J connectivity index is 0.00000264. The van der Waals surface area contributed by atoms with Crippen LogP contribution < -0.4 is 16.8 Å². The van der Waals surface area contributed by atoms with Gasteiger partial charge in [0.05, 0.1) is 0 Å². The second kappa shape index (κ2) is 9.53. The minimum atomic E-state index is -0.366. The summed E-state index contributed by atoms with van der Waals surface area (Å²) in [5.74, 6) is -0.178. The summed E-state index contributed by atoms with van der Waals surface area (Å²) in [7, 11) is 0. The molecule has 0 aromatic heterocycles. The van der Waals surface area contributed by atoms with Crippen LogP contribution in [0.15, 0.2) is 24.3 Å². The lowest BCUT2D eigenvalue weighted by atomic mass is 9.82. The number of hydrogen-bond acceptors (Lipinski definition) is 3. The van der Waals surface area contributed by atoms with Gasteiger partial charge in [-0.3, -0.25) is 9.59 Å². The summed E-state index contributed by atoms with van der Waals surface area (Å²) >= 11 is 0. The van der Waals surface area contributed by atoms with Gasteiger partial charge in [-0.15, -0.1) is 12.4 Å². The fraction of sp³-hybridized carbons (Fsp3) is 0.529. The van der Waals surface area contributed by atoms with E-state index in [2.05, 4.69) is 5.32 Å². The minimum Gasteiger partial charge on any atom is -0.370 e. The first-order chi connectivity index (χ1) is 10.6. The van der Waals surface area contributed by atoms with Crippen LogP contribution in [0.2, 0.25) is 0 Å². The standard InChI is InChI=1S/C17H25N3O2.ClH/c18-11-12-6-8-14(9-7-12)17(22)20-15(10-16(19)21)13-4-2-1-3-5-13;/h6-9,13,15H,1-5,10-11,18H2,(H2,19,21)(H,20,22);1H. The molecule has 1 saturated carbocycles. The van der Waals surface area contributed by atoms with Gasteiger partial charge in [-0.2, -0.15) is 0 Å². The average Bonchev–Trinajstić information content (AvgIpc) is 2.54. The monoisotopic (exact) mass is 339 g/mol. The molecule has 1 aromatic carbocycles. The predicted molar refractivity (Wildman–Crippen MR) is 93.2 cm³/mol. The Hall–Kier alpha value is -1.59. The minimum absolute atomic E-state index is 0. The SMILES string of the molecule is Cl.NCc1ccc(C(=O)NC(CC(N)=O)C2CCCCC2)cc1. The summed E-state index contributed by atoms with van der Waals surface area (Å²) in [4.78, 5) is 23.7. The molecular weight excluding hydrogens is 314 g/mol. The lowest BCUT2D eigenvalue weighted by Gasteiger charge is -2.30. The first kappa shape index (κ1) is 19.5. The van der Waals surface area contributed by atoms with E-state index in [0.717, 1.165) is 31.2 Å². The Bertz CT molecular complexity index is 513. The Kier molecular flexibility index (Phi) is 8.06. The molecule has 2 amide bonds. The molecule has 0 heterocycles. The summed E-state index contributed by atoms with van der Waals surface area (Å²) in [5, 5.41) is 3.00. The molecule has 1 unspecified atom stereocenters. The highest BCUT2D eigenvalue weighted by Gasteiger charge is 2.26. The smallest absolute Gasteiger partial charge is 0.251 e. The third-order valence-electron chi connectivity index (χ3n) is 4.41. The van der Waals surface area contributed by atoms with Crippen LogP contribution >= 0.6 is 12.4 Å². The fourth-order valence-corrected chi connectivity index (χ4v) is 3.13. The van der Waals surface area contributed by atoms with Crippen LogP contribution in [0.3, 0.4) is 0 Å². The largest absolute Gasteiger partial charge is 0.370 e. The number of nitrogens with one attached hydrogen (secondary N) is 1. The highest BCUT2D eigenvalue weighted by atomic mass is 35.5. The molecule has 1 fully saturated rings. The van der Waals surface area contributed by atoms with Crippen LogP contribution in [0.1, 0.15) is 54.4 Å². The van der Waals surface area contributed by atoms with Crippen molar-refractivity contribution in [2.45, 2.75) is 51.1 Å². The van der Waals surface area contributed by atoms with E-state index in [0.29, 0.717) is 18.0 Å². The van der Waals surface area contributed by atoms with Crippen molar-refractivity contribution >= 4 is 24.2 Å². The van der Waals surface area contributed by atoms with Gasteiger partial charge in [0.1, 0.15) is 0 Å². The van der Waals surface area contributed by atoms with E-state index >= 15 is 0 Å². The Morgan fingerprint density at radius 1 is 1.13 bits per heavy atom. The third-order valence-corrected chi connectivity index (χ3v) is 4.41. The van der Waals surface area contributed by atoms with Gasteiger partial charge >= 0.3 is 0 Å². The van der Waals surface area contributed by atoms with Crippen LogP contribution in [0, 0.1) is 5.92 Å². The molecule has 0 saturated heterocycles. The van der Waals surface area contributed by atoms with Gasteiger partial charge in [-0.05, 0) is 36.5 Å². The summed E-state index contributed by atoms with van der Waals surface area (Å²) in [6.45, 7) is 0.453. The normalized spacial score (nSPS) is 16.2. The predicted octanol–water partition coefficient (Wildman–Crippen LogP) is 2.12. The first-order valence-corrected chi connectivity index (χ1v) is 7.98. The number of carbonyl (C=O) groups excluding carboxylic acids is 2. The molecule has 1 aliphatic carbocycles. The van der Waals surface area contributed by atoms with E-state index < -0.39 is 0 Å². The van der Waals surface area contributed by atoms with Crippen molar-refractivity contribution in [3.8, 4) is 0 Å². The zero-order chi connectivity index (χ0) is 15.9. The quantitative estimate of drug-likeness (QED) is 0.740. The molecule has 1 atom stereocenters.